The second kappa shape index (κ2) is 5.07. The summed E-state index contributed by atoms with van der Waals surface area (Å²) in [6.07, 6.45) is 4.40. The molecule has 0 spiro atoms. The molecule has 1 fully saturated rings. The first-order chi connectivity index (χ1) is 7.25. The summed E-state index contributed by atoms with van der Waals surface area (Å²) in [6, 6.07) is 1.87. The molecule has 1 atom stereocenters. The highest BCUT2D eigenvalue weighted by molar-refractivity contribution is 9.10. The van der Waals surface area contributed by atoms with Gasteiger partial charge >= 0.3 is 0 Å². The lowest BCUT2D eigenvalue weighted by Crippen LogP contribution is -2.15. The summed E-state index contributed by atoms with van der Waals surface area (Å²) >= 11 is 5.37. The molecule has 82 valence electrons. The summed E-state index contributed by atoms with van der Waals surface area (Å²) in [5, 5.41) is 4.02. The van der Waals surface area contributed by atoms with Crippen LogP contribution in [0, 0.1) is 0 Å². The Kier molecular flexibility index (Phi) is 3.75. The van der Waals surface area contributed by atoms with E-state index in [4.69, 9.17) is 5.73 Å². The lowest BCUT2D eigenvalue weighted by atomic mass is 10.2. The van der Waals surface area contributed by atoms with E-state index < -0.39 is 0 Å². The number of pyridine rings is 1. The monoisotopic (exact) mass is 287 g/mol. The van der Waals surface area contributed by atoms with E-state index in [1.807, 2.05) is 17.8 Å². The average molecular weight is 288 g/mol. The first-order valence-corrected chi connectivity index (χ1v) is 6.86. The van der Waals surface area contributed by atoms with Crippen molar-refractivity contribution in [3.05, 3.63) is 16.7 Å². The maximum Gasteiger partial charge on any atom is 0.149 e. The van der Waals surface area contributed by atoms with Crippen LogP contribution in [-0.2, 0) is 0 Å². The molecular weight excluding hydrogens is 274 g/mol. The van der Waals surface area contributed by atoms with Gasteiger partial charge in [-0.2, -0.15) is 11.8 Å². The van der Waals surface area contributed by atoms with Gasteiger partial charge in [-0.05, 0) is 40.6 Å². The number of nitrogens with two attached hydrogens (primary N) is 1. The van der Waals surface area contributed by atoms with Gasteiger partial charge in [-0.3, -0.25) is 0 Å². The first-order valence-electron chi connectivity index (χ1n) is 5.02. The van der Waals surface area contributed by atoms with E-state index in [0.29, 0.717) is 5.69 Å². The van der Waals surface area contributed by atoms with Crippen molar-refractivity contribution < 1.29 is 0 Å². The van der Waals surface area contributed by atoms with Crippen LogP contribution in [0.4, 0.5) is 11.5 Å². The number of nitrogens with one attached hydrogen (secondary N) is 1. The number of anilines is 2. The summed E-state index contributed by atoms with van der Waals surface area (Å²) in [5.74, 6) is 2.08. The number of nitrogen functional groups attached to an aromatic ring is 1. The minimum absolute atomic E-state index is 0.701. The second-order valence-corrected chi connectivity index (χ2v) is 5.93. The standard InChI is InChI=1S/C10H14BrN3S/c11-7-4-9(12)10(13-5-7)14-6-8-2-1-3-15-8/h4-5,8H,1-3,6,12H2,(H,13,14). The lowest BCUT2D eigenvalue weighted by molar-refractivity contribution is 0.803. The van der Waals surface area contributed by atoms with E-state index in [9.17, 15) is 0 Å². The van der Waals surface area contributed by atoms with Gasteiger partial charge in [0.1, 0.15) is 5.82 Å². The number of halogens is 1. The number of hydrogen-bond donors (Lipinski definition) is 2. The fourth-order valence-corrected chi connectivity index (χ4v) is 3.17. The topological polar surface area (TPSA) is 50.9 Å². The molecule has 0 saturated carbocycles. The maximum absolute atomic E-state index is 5.84. The van der Waals surface area contributed by atoms with E-state index in [1.165, 1.54) is 18.6 Å². The molecule has 1 aliphatic heterocycles. The van der Waals surface area contributed by atoms with Crippen LogP contribution in [0.3, 0.4) is 0 Å². The molecule has 1 unspecified atom stereocenters. The SMILES string of the molecule is Nc1cc(Br)cnc1NCC1CCCS1. The smallest absolute Gasteiger partial charge is 0.149 e. The maximum atomic E-state index is 5.84. The highest BCUT2D eigenvalue weighted by Crippen LogP contribution is 2.27. The third-order valence-electron chi connectivity index (χ3n) is 2.40. The summed E-state index contributed by atoms with van der Waals surface area (Å²) in [6.45, 7) is 0.962. The Morgan fingerprint density at radius 3 is 3.20 bits per heavy atom. The zero-order valence-electron chi connectivity index (χ0n) is 8.37. The second-order valence-electron chi connectivity index (χ2n) is 3.61. The fourth-order valence-electron chi connectivity index (χ4n) is 1.62. The van der Waals surface area contributed by atoms with Crippen LogP contribution in [0.1, 0.15) is 12.8 Å². The van der Waals surface area contributed by atoms with Gasteiger partial charge in [0.25, 0.3) is 0 Å². The van der Waals surface area contributed by atoms with Crippen molar-refractivity contribution >= 4 is 39.2 Å². The van der Waals surface area contributed by atoms with Crippen molar-refractivity contribution in [1.29, 1.82) is 0 Å². The molecule has 1 aromatic rings. The molecule has 3 N–H and O–H groups in total. The van der Waals surface area contributed by atoms with Crippen molar-refractivity contribution in [3.63, 3.8) is 0 Å². The summed E-state index contributed by atoms with van der Waals surface area (Å²) in [4.78, 5) is 4.25. The quantitative estimate of drug-likeness (QED) is 0.898. The van der Waals surface area contributed by atoms with Gasteiger partial charge in [-0.1, -0.05) is 0 Å². The number of hydrogen-bond acceptors (Lipinski definition) is 4. The third-order valence-corrected chi connectivity index (χ3v) is 4.24. The average Bonchev–Trinajstić information content (AvgIpc) is 2.69. The molecule has 2 heterocycles. The van der Waals surface area contributed by atoms with Crippen LogP contribution in [0.25, 0.3) is 0 Å². The Morgan fingerprint density at radius 1 is 1.67 bits per heavy atom. The van der Waals surface area contributed by atoms with Gasteiger partial charge in [0.2, 0.25) is 0 Å². The molecule has 3 nitrogen and oxygen atoms in total. The minimum Gasteiger partial charge on any atom is -0.396 e. The Labute approximate surface area is 102 Å². The van der Waals surface area contributed by atoms with Gasteiger partial charge in [0, 0.05) is 22.5 Å². The molecule has 2 rings (SSSR count). The number of aromatic nitrogens is 1. The summed E-state index contributed by atoms with van der Waals surface area (Å²) in [5.41, 5.74) is 6.55. The van der Waals surface area contributed by atoms with Crippen molar-refractivity contribution in [1.82, 2.24) is 4.98 Å². The van der Waals surface area contributed by atoms with E-state index >= 15 is 0 Å². The molecule has 0 radical (unpaired) electrons. The first kappa shape index (κ1) is 11.1. The van der Waals surface area contributed by atoms with Crippen molar-refractivity contribution in [3.8, 4) is 0 Å². The Hall–Kier alpha value is -0.420. The molecule has 0 aliphatic carbocycles. The molecule has 15 heavy (non-hydrogen) atoms. The van der Waals surface area contributed by atoms with Crippen LogP contribution in [-0.4, -0.2) is 22.5 Å². The highest BCUT2D eigenvalue weighted by atomic mass is 79.9. The van der Waals surface area contributed by atoms with Crippen LogP contribution in [0.2, 0.25) is 0 Å². The fraction of sp³-hybridized carbons (Fsp3) is 0.500. The molecule has 1 aliphatic rings. The van der Waals surface area contributed by atoms with E-state index in [0.717, 1.165) is 22.1 Å². The highest BCUT2D eigenvalue weighted by Gasteiger charge is 2.15. The van der Waals surface area contributed by atoms with Gasteiger partial charge < -0.3 is 11.1 Å². The third kappa shape index (κ3) is 3.01. The predicted octanol–water partition coefficient (Wildman–Crippen LogP) is 2.73. The van der Waals surface area contributed by atoms with Crippen molar-refractivity contribution in [2.75, 3.05) is 23.3 Å². The van der Waals surface area contributed by atoms with E-state index in [-0.39, 0.29) is 0 Å². The van der Waals surface area contributed by atoms with Gasteiger partial charge in [0.15, 0.2) is 0 Å². The van der Waals surface area contributed by atoms with E-state index in [2.05, 4.69) is 26.2 Å². The molecule has 0 bridgehead atoms. The molecule has 0 aromatic carbocycles. The molecular formula is C10H14BrN3S. The number of thioether (sulfide) groups is 1. The Bertz CT molecular complexity index is 339. The normalized spacial score (nSPS) is 20.5. The van der Waals surface area contributed by atoms with Gasteiger partial charge in [0.05, 0.1) is 5.69 Å². The van der Waals surface area contributed by atoms with Crippen LogP contribution >= 0.6 is 27.7 Å². The zero-order valence-corrected chi connectivity index (χ0v) is 10.8. The Balaban J connectivity index is 1.92. The summed E-state index contributed by atoms with van der Waals surface area (Å²) < 4.78 is 0.917. The van der Waals surface area contributed by atoms with Crippen molar-refractivity contribution in [2.24, 2.45) is 0 Å². The molecule has 0 amide bonds. The zero-order chi connectivity index (χ0) is 10.7. The van der Waals surface area contributed by atoms with Crippen molar-refractivity contribution in [2.45, 2.75) is 18.1 Å². The molecule has 1 aromatic heterocycles. The predicted molar refractivity (Wildman–Crippen MR) is 70.3 cm³/mol. The number of rotatable bonds is 3. The number of nitrogens with zero attached hydrogens (tertiary/aromatic N) is 1. The van der Waals surface area contributed by atoms with Gasteiger partial charge in [-0.15, -0.1) is 0 Å². The van der Waals surface area contributed by atoms with Gasteiger partial charge in [-0.25, -0.2) is 4.98 Å². The summed E-state index contributed by atoms with van der Waals surface area (Å²) in [7, 11) is 0. The van der Waals surface area contributed by atoms with Crippen LogP contribution in [0.5, 0.6) is 0 Å². The Morgan fingerprint density at radius 2 is 2.53 bits per heavy atom. The minimum atomic E-state index is 0.701. The lowest BCUT2D eigenvalue weighted by Gasteiger charge is -2.12. The molecule has 5 heteroatoms. The largest absolute Gasteiger partial charge is 0.396 e. The van der Waals surface area contributed by atoms with E-state index in [1.54, 1.807) is 6.20 Å². The molecule has 1 saturated heterocycles. The van der Waals surface area contributed by atoms with Crippen LogP contribution in [0.15, 0.2) is 16.7 Å². The van der Waals surface area contributed by atoms with Crippen LogP contribution < -0.4 is 11.1 Å².